The van der Waals surface area contributed by atoms with Crippen LogP contribution >= 0.6 is 0 Å². The van der Waals surface area contributed by atoms with E-state index in [4.69, 9.17) is 0 Å². The number of hydrogen-bond acceptors (Lipinski definition) is 7. The van der Waals surface area contributed by atoms with Crippen molar-refractivity contribution in [3.05, 3.63) is 66.4 Å². The molecule has 0 spiro atoms. The summed E-state index contributed by atoms with van der Waals surface area (Å²) in [6.07, 6.45) is 8.05. The van der Waals surface area contributed by atoms with Gasteiger partial charge in [-0.15, -0.1) is 0 Å². The van der Waals surface area contributed by atoms with E-state index in [-0.39, 0.29) is 11.9 Å². The highest BCUT2D eigenvalue weighted by molar-refractivity contribution is 5.78. The number of pyridine rings is 1. The minimum Gasteiger partial charge on any atom is -0.352 e. The summed E-state index contributed by atoms with van der Waals surface area (Å²) < 4.78 is 0. The summed E-state index contributed by atoms with van der Waals surface area (Å²) in [5, 5.41) is 6.68. The summed E-state index contributed by atoms with van der Waals surface area (Å²) in [7, 11) is 0. The monoisotopic (exact) mass is 471 g/mol. The third-order valence-electron chi connectivity index (χ3n) is 6.67. The quantitative estimate of drug-likeness (QED) is 0.593. The van der Waals surface area contributed by atoms with Crippen LogP contribution in [-0.2, 0) is 17.8 Å². The molecule has 35 heavy (non-hydrogen) atoms. The van der Waals surface area contributed by atoms with E-state index in [1.165, 1.54) is 5.56 Å². The average Bonchev–Trinajstić information content (AvgIpc) is 2.86. The van der Waals surface area contributed by atoms with Crippen LogP contribution in [0.4, 0.5) is 11.5 Å². The second-order valence-electron chi connectivity index (χ2n) is 9.45. The van der Waals surface area contributed by atoms with Crippen molar-refractivity contribution >= 4 is 17.4 Å². The molecular weight excluding hydrogens is 438 g/mol. The minimum absolute atomic E-state index is 0.0387. The highest BCUT2D eigenvalue weighted by Crippen LogP contribution is 2.23. The highest BCUT2D eigenvalue weighted by Gasteiger charge is 2.21. The van der Waals surface area contributed by atoms with Crippen molar-refractivity contribution in [3.8, 4) is 11.1 Å². The smallest absolute Gasteiger partial charge is 0.234 e. The molecule has 3 aromatic rings. The molecule has 0 aliphatic carbocycles. The molecule has 8 nitrogen and oxygen atoms in total. The lowest BCUT2D eigenvalue weighted by molar-refractivity contribution is -0.123. The number of carbonyl (C=O) groups is 1. The first-order valence-corrected chi connectivity index (χ1v) is 12.5. The number of carbonyl (C=O) groups excluding carboxylic acids is 1. The van der Waals surface area contributed by atoms with Crippen molar-refractivity contribution in [1.29, 1.82) is 0 Å². The molecule has 182 valence electrons. The molecule has 5 aliphatic rings. The molecule has 1 fully saturated rings. The van der Waals surface area contributed by atoms with Gasteiger partial charge in [0.05, 0.1) is 6.54 Å². The molecule has 1 atom stereocenters. The van der Waals surface area contributed by atoms with Crippen LogP contribution in [0.1, 0.15) is 31.2 Å². The Hall–Kier alpha value is -3.36. The maximum Gasteiger partial charge on any atom is 0.234 e. The second-order valence-corrected chi connectivity index (χ2v) is 9.45. The zero-order chi connectivity index (χ0) is 24.0. The Morgan fingerprint density at radius 3 is 2.49 bits per heavy atom. The summed E-state index contributed by atoms with van der Waals surface area (Å²) in [6.45, 7) is 7.16. The lowest BCUT2D eigenvalue weighted by Crippen LogP contribution is -2.50. The van der Waals surface area contributed by atoms with Gasteiger partial charge in [-0.3, -0.25) is 14.6 Å². The van der Waals surface area contributed by atoms with Crippen LogP contribution in [0.3, 0.4) is 0 Å². The number of piperazine rings is 1. The zero-order valence-electron chi connectivity index (χ0n) is 20.3. The molecule has 8 bridgehead atoms. The Labute approximate surface area is 206 Å². The number of nitrogens with one attached hydrogen (secondary N) is 2. The molecular formula is C27H33N7O. The Kier molecular flexibility index (Phi) is 7.30. The first-order valence-electron chi connectivity index (χ1n) is 12.5. The van der Waals surface area contributed by atoms with Crippen LogP contribution in [0.25, 0.3) is 11.1 Å². The molecule has 1 unspecified atom stereocenters. The van der Waals surface area contributed by atoms with Gasteiger partial charge in [0.25, 0.3) is 0 Å². The van der Waals surface area contributed by atoms with Crippen LogP contribution in [0, 0.1) is 0 Å². The summed E-state index contributed by atoms with van der Waals surface area (Å²) in [6, 6.07) is 12.5. The first-order chi connectivity index (χ1) is 17.1. The zero-order valence-corrected chi connectivity index (χ0v) is 20.3. The molecule has 7 heterocycles. The second kappa shape index (κ2) is 10.9. The van der Waals surface area contributed by atoms with Gasteiger partial charge in [-0.1, -0.05) is 25.5 Å². The average molecular weight is 472 g/mol. The molecule has 0 saturated carbocycles. The van der Waals surface area contributed by atoms with Gasteiger partial charge in [-0.25, -0.2) is 15.0 Å². The van der Waals surface area contributed by atoms with E-state index in [0.717, 1.165) is 74.0 Å². The Morgan fingerprint density at radius 2 is 1.71 bits per heavy atom. The van der Waals surface area contributed by atoms with E-state index in [1.54, 1.807) is 6.20 Å². The molecule has 8 heteroatoms. The molecule has 1 aromatic carbocycles. The first kappa shape index (κ1) is 23.4. The van der Waals surface area contributed by atoms with Crippen molar-refractivity contribution in [1.82, 2.24) is 30.1 Å². The summed E-state index contributed by atoms with van der Waals surface area (Å²) in [4.78, 5) is 31.3. The third-order valence-corrected chi connectivity index (χ3v) is 6.67. The summed E-state index contributed by atoms with van der Waals surface area (Å²) >= 11 is 0. The van der Waals surface area contributed by atoms with Gasteiger partial charge in [0.1, 0.15) is 11.6 Å². The van der Waals surface area contributed by atoms with Crippen molar-refractivity contribution in [3.63, 3.8) is 0 Å². The number of aromatic nitrogens is 3. The van der Waals surface area contributed by atoms with Gasteiger partial charge in [0.2, 0.25) is 5.91 Å². The maximum atomic E-state index is 12.8. The SMILES string of the molecule is CCCC1Cc2ncc(cn2)-c2ccnc(c2)Nc2cccc(c2)CN2CCN(CC2)CC(=O)N1. The van der Waals surface area contributed by atoms with Crippen LogP contribution in [0.2, 0.25) is 0 Å². The van der Waals surface area contributed by atoms with Crippen LogP contribution in [0.15, 0.2) is 55.0 Å². The van der Waals surface area contributed by atoms with Crippen molar-refractivity contribution in [2.75, 3.05) is 38.0 Å². The number of nitrogens with zero attached hydrogens (tertiary/aromatic N) is 5. The van der Waals surface area contributed by atoms with Gasteiger partial charge in [-0.05, 0) is 41.8 Å². The predicted molar refractivity (Wildman–Crippen MR) is 137 cm³/mol. The van der Waals surface area contributed by atoms with E-state index in [1.807, 2.05) is 24.5 Å². The third kappa shape index (κ3) is 6.21. The standard InChI is InChI=1S/C27H33N7O/c1-2-4-23-15-25-29-16-22(17-30-25)21-7-8-28-26(14-21)31-24-6-3-5-20(13-24)18-33-9-11-34(12-10-33)19-27(35)32-23/h3,5-8,13-14,16-17,23H,2,4,9-12,15,18-19H2,1H3,(H,28,31)(H,32,35). The molecule has 5 aliphatic heterocycles. The number of benzene rings is 1. The number of rotatable bonds is 2. The molecule has 2 aromatic heterocycles. The van der Waals surface area contributed by atoms with E-state index < -0.39 is 0 Å². The van der Waals surface area contributed by atoms with Crippen molar-refractivity contribution < 1.29 is 4.79 Å². The normalized spacial score (nSPS) is 22.7. The maximum absolute atomic E-state index is 12.8. The van der Waals surface area contributed by atoms with Gasteiger partial charge < -0.3 is 10.6 Å². The largest absolute Gasteiger partial charge is 0.352 e. The van der Waals surface area contributed by atoms with Crippen LogP contribution in [-0.4, -0.2) is 69.4 Å². The van der Waals surface area contributed by atoms with E-state index in [0.29, 0.717) is 13.0 Å². The predicted octanol–water partition coefficient (Wildman–Crippen LogP) is 3.24. The Balaban J connectivity index is 1.43. The number of hydrogen-bond donors (Lipinski definition) is 2. The van der Waals surface area contributed by atoms with Crippen LogP contribution in [0.5, 0.6) is 0 Å². The van der Waals surface area contributed by atoms with Gasteiger partial charge in [-0.2, -0.15) is 0 Å². The fourth-order valence-corrected chi connectivity index (χ4v) is 4.82. The van der Waals surface area contributed by atoms with Crippen LogP contribution < -0.4 is 10.6 Å². The Bertz CT molecular complexity index is 1140. The van der Waals surface area contributed by atoms with E-state index in [9.17, 15) is 4.79 Å². The topological polar surface area (TPSA) is 86.3 Å². The molecule has 1 amide bonds. The van der Waals surface area contributed by atoms with Gasteiger partial charge >= 0.3 is 0 Å². The van der Waals surface area contributed by atoms with E-state index in [2.05, 4.69) is 66.6 Å². The minimum atomic E-state index is 0.0387. The molecule has 8 rings (SSSR count). The lowest BCUT2D eigenvalue weighted by atomic mass is 10.1. The molecule has 0 radical (unpaired) electrons. The Morgan fingerprint density at radius 1 is 0.943 bits per heavy atom. The van der Waals surface area contributed by atoms with E-state index >= 15 is 0 Å². The fourth-order valence-electron chi connectivity index (χ4n) is 4.82. The highest BCUT2D eigenvalue weighted by atomic mass is 16.2. The van der Waals surface area contributed by atoms with Gasteiger partial charge in [0.15, 0.2) is 0 Å². The number of amides is 1. The number of anilines is 2. The summed E-state index contributed by atoms with van der Waals surface area (Å²) in [5.74, 6) is 1.62. The lowest BCUT2D eigenvalue weighted by Gasteiger charge is -2.34. The molecule has 1 saturated heterocycles. The van der Waals surface area contributed by atoms with Crippen molar-refractivity contribution in [2.24, 2.45) is 0 Å². The van der Waals surface area contributed by atoms with Crippen molar-refractivity contribution in [2.45, 2.75) is 38.8 Å². The summed E-state index contributed by atoms with van der Waals surface area (Å²) in [5.41, 5.74) is 4.22. The molecule has 2 N–H and O–H groups in total. The fraction of sp³-hybridized carbons (Fsp3) is 0.407. The van der Waals surface area contributed by atoms with Gasteiger partial charge in [0, 0.05) is 75.0 Å².